The third-order valence-corrected chi connectivity index (χ3v) is 14.2. The van der Waals surface area contributed by atoms with Crippen molar-refractivity contribution in [2.45, 2.75) is 353 Å². The maximum absolute atomic E-state index is 12.4. The third kappa shape index (κ3) is 53.7. The number of amides is 1. The molecule has 0 spiro atoms. The van der Waals surface area contributed by atoms with Gasteiger partial charge < -0.3 is 15.5 Å². The molecule has 386 valence electrons. The lowest BCUT2D eigenvalue weighted by molar-refractivity contribution is -0.123. The molecule has 0 rings (SSSR count). The van der Waals surface area contributed by atoms with Crippen molar-refractivity contribution >= 4 is 5.91 Å². The number of carbonyl (C=O) groups is 1. The standard InChI is InChI=1S/C61H119NO3/c1-3-5-7-9-11-13-15-17-18-19-20-21-22-23-24-25-26-27-28-29-30-31-32-33-34-35-36-37-38-39-40-41-42-43-44-45-47-49-51-53-55-57-61(65)62-59(58-63)60(64)56-54-52-50-48-46-16-14-12-10-8-6-4-2/h46,48,54,56,59-60,63-64H,3-45,47,49-53,55,57-58H2,1-2H3,(H,62,65)/b48-46+,56-54+. The van der Waals surface area contributed by atoms with Crippen molar-refractivity contribution in [3.8, 4) is 0 Å². The molecule has 2 atom stereocenters. The largest absolute Gasteiger partial charge is 0.394 e. The molecule has 0 saturated heterocycles. The van der Waals surface area contributed by atoms with E-state index >= 15 is 0 Å². The van der Waals surface area contributed by atoms with Gasteiger partial charge in [0.25, 0.3) is 0 Å². The summed E-state index contributed by atoms with van der Waals surface area (Å²) >= 11 is 0. The molecule has 0 aromatic rings. The first-order valence-corrected chi connectivity index (χ1v) is 30.1. The number of hydrogen-bond acceptors (Lipinski definition) is 3. The van der Waals surface area contributed by atoms with Gasteiger partial charge in [-0.05, 0) is 32.1 Å². The van der Waals surface area contributed by atoms with Crippen molar-refractivity contribution in [1.82, 2.24) is 5.32 Å². The number of allylic oxidation sites excluding steroid dienone is 3. The molecule has 0 aliphatic carbocycles. The molecule has 0 aliphatic rings. The van der Waals surface area contributed by atoms with E-state index in [1.54, 1.807) is 6.08 Å². The monoisotopic (exact) mass is 914 g/mol. The molecular weight excluding hydrogens is 795 g/mol. The Bertz CT molecular complexity index is 947. The van der Waals surface area contributed by atoms with Gasteiger partial charge >= 0.3 is 0 Å². The van der Waals surface area contributed by atoms with E-state index in [1.807, 2.05) is 6.08 Å². The minimum atomic E-state index is -0.858. The lowest BCUT2D eigenvalue weighted by Crippen LogP contribution is -2.45. The summed E-state index contributed by atoms with van der Waals surface area (Å²) in [4.78, 5) is 12.4. The number of hydrogen-bond donors (Lipinski definition) is 3. The number of aliphatic hydroxyl groups is 2. The molecule has 4 nitrogen and oxygen atoms in total. The quantitative estimate of drug-likeness (QED) is 0.0421. The Morgan fingerprint density at radius 2 is 0.600 bits per heavy atom. The average Bonchev–Trinajstić information content (AvgIpc) is 3.31. The topological polar surface area (TPSA) is 69.6 Å². The van der Waals surface area contributed by atoms with Crippen molar-refractivity contribution in [3.05, 3.63) is 24.3 Å². The van der Waals surface area contributed by atoms with Crippen LogP contribution in [0.1, 0.15) is 341 Å². The molecular formula is C61H119NO3. The highest BCUT2D eigenvalue weighted by molar-refractivity contribution is 5.76. The van der Waals surface area contributed by atoms with Crippen molar-refractivity contribution in [2.24, 2.45) is 0 Å². The first-order valence-electron chi connectivity index (χ1n) is 30.1. The van der Waals surface area contributed by atoms with E-state index in [9.17, 15) is 15.0 Å². The van der Waals surface area contributed by atoms with Crippen LogP contribution in [0.2, 0.25) is 0 Å². The van der Waals surface area contributed by atoms with Crippen molar-refractivity contribution < 1.29 is 15.0 Å². The Hall–Kier alpha value is -1.13. The lowest BCUT2D eigenvalue weighted by Gasteiger charge is -2.19. The van der Waals surface area contributed by atoms with Crippen LogP contribution in [0.5, 0.6) is 0 Å². The Balaban J connectivity index is 3.33. The van der Waals surface area contributed by atoms with Crippen LogP contribution < -0.4 is 5.32 Å². The summed E-state index contributed by atoms with van der Waals surface area (Å²) < 4.78 is 0. The summed E-state index contributed by atoms with van der Waals surface area (Å²) in [6.45, 7) is 4.31. The fraction of sp³-hybridized carbons (Fsp3) is 0.918. The van der Waals surface area contributed by atoms with Gasteiger partial charge in [-0.15, -0.1) is 0 Å². The highest BCUT2D eigenvalue weighted by Gasteiger charge is 2.18. The zero-order valence-corrected chi connectivity index (χ0v) is 44.5. The van der Waals surface area contributed by atoms with E-state index in [1.165, 1.54) is 289 Å². The maximum Gasteiger partial charge on any atom is 0.220 e. The average molecular weight is 915 g/mol. The molecule has 0 saturated carbocycles. The highest BCUT2D eigenvalue weighted by atomic mass is 16.3. The third-order valence-electron chi connectivity index (χ3n) is 14.2. The summed E-state index contributed by atoms with van der Waals surface area (Å²) in [5.74, 6) is -0.0686. The van der Waals surface area contributed by atoms with E-state index in [4.69, 9.17) is 0 Å². The molecule has 0 aromatic heterocycles. The highest BCUT2D eigenvalue weighted by Crippen LogP contribution is 2.18. The van der Waals surface area contributed by atoms with Gasteiger partial charge in [-0.25, -0.2) is 0 Å². The van der Waals surface area contributed by atoms with Gasteiger partial charge in [0.2, 0.25) is 5.91 Å². The van der Waals surface area contributed by atoms with Crippen molar-refractivity contribution in [3.63, 3.8) is 0 Å². The molecule has 1 amide bonds. The van der Waals surface area contributed by atoms with Gasteiger partial charge in [-0.2, -0.15) is 0 Å². The van der Waals surface area contributed by atoms with Gasteiger partial charge in [0, 0.05) is 6.42 Å². The molecule has 0 radical (unpaired) electrons. The second kappa shape index (κ2) is 57.2. The lowest BCUT2D eigenvalue weighted by atomic mass is 10.0. The zero-order chi connectivity index (χ0) is 47.0. The van der Waals surface area contributed by atoms with Gasteiger partial charge in [-0.1, -0.05) is 327 Å². The predicted octanol–water partition coefficient (Wildman–Crippen LogP) is 19.9. The minimum absolute atomic E-state index is 0.0686. The molecule has 0 bridgehead atoms. The number of aliphatic hydroxyl groups excluding tert-OH is 2. The second-order valence-electron chi connectivity index (χ2n) is 20.8. The van der Waals surface area contributed by atoms with Crippen LogP contribution in [0.3, 0.4) is 0 Å². The first kappa shape index (κ1) is 63.9. The van der Waals surface area contributed by atoms with Crippen LogP contribution in [-0.2, 0) is 4.79 Å². The van der Waals surface area contributed by atoms with E-state index in [0.29, 0.717) is 6.42 Å². The SMILES string of the molecule is CCCCCCCC/C=C/CC/C=C/C(O)C(CO)NC(=O)CCCCCCCCCCCCCCCCCCCCCCCCCCCCCCCCCCCCCCCCCCC. The van der Waals surface area contributed by atoms with Gasteiger partial charge in [0.1, 0.15) is 0 Å². The van der Waals surface area contributed by atoms with Crippen LogP contribution in [-0.4, -0.2) is 34.9 Å². The first-order chi connectivity index (χ1) is 32.2. The Kier molecular flexibility index (Phi) is 56.2. The molecule has 65 heavy (non-hydrogen) atoms. The van der Waals surface area contributed by atoms with Gasteiger partial charge in [0.05, 0.1) is 18.8 Å². The number of unbranched alkanes of at least 4 members (excludes halogenated alkanes) is 47. The molecule has 4 heteroatoms. The Morgan fingerprint density at radius 1 is 0.354 bits per heavy atom. The van der Waals surface area contributed by atoms with Crippen LogP contribution in [0.4, 0.5) is 0 Å². The summed E-state index contributed by atoms with van der Waals surface area (Å²) in [5.41, 5.74) is 0. The maximum atomic E-state index is 12.4. The second-order valence-corrected chi connectivity index (χ2v) is 20.8. The minimum Gasteiger partial charge on any atom is -0.394 e. The molecule has 0 aliphatic heterocycles. The van der Waals surface area contributed by atoms with E-state index in [2.05, 4.69) is 31.3 Å². The molecule has 0 aromatic carbocycles. The summed E-state index contributed by atoms with van der Waals surface area (Å²) in [7, 11) is 0. The van der Waals surface area contributed by atoms with Crippen LogP contribution in [0.25, 0.3) is 0 Å². The molecule has 2 unspecified atom stereocenters. The number of nitrogens with one attached hydrogen (secondary N) is 1. The smallest absolute Gasteiger partial charge is 0.220 e. The van der Waals surface area contributed by atoms with Crippen LogP contribution in [0.15, 0.2) is 24.3 Å². The zero-order valence-electron chi connectivity index (χ0n) is 44.5. The van der Waals surface area contributed by atoms with Gasteiger partial charge in [-0.3, -0.25) is 4.79 Å². The number of carbonyl (C=O) groups excluding carboxylic acids is 1. The molecule has 3 N–H and O–H groups in total. The van der Waals surface area contributed by atoms with Crippen molar-refractivity contribution in [1.29, 1.82) is 0 Å². The van der Waals surface area contributed by atoms with E-state index in [-0.39, 0.29) is 12.5 Å². The van der Waals surface area contributed by atoms with E-state index in [0.717, 1.165) is 32.1 Å². The summed E-state index contributed by atoms with van der Waals surface area (Å²) in [6, 6.07) is -0.635. The van der Waals surface area contributed by atoms with Gasteiger partial charge in [0.15, 0.2) is 0 Å². The summed E-state index contributed by atoms with van der Waals surface area (Å²) in [5, 5.41) is 23.0. The predicted molar refractivity (Wildman–Crippen MR) is 290 cm³/mol. The number of rotatable bonds is 56. The molecule has 0 heterocycles. The fourth-order valence-electron chi connectivity index (χ4n) is 9.61. The molecule has 0 fully saturated rings. The van der Waals surface area contributed by atoms with Crippen molar-refractivity contribution in [2.75, 3.05) is 6.61 Å². The Labute approximate surface area is 409 Å². The summed E-state index contributed by atoms with van der Waals surface area (Å²) in [6.07, 6.45) is 76.8. The van der Waals surface area contributed by atoms with Crippen LogP contribution >= 0.6 is 0 Å². The normalized spacial score (nSPS) is 12.9. The van der Waals surface area contributed by atoms with Crippen LogP contribution in [0, 0.1) is 0 Å². The fourth-order valence-corrected chi connectivity index (χ4v) is 9.61. The Morgan fingerprint density at radius 3 is 0.892 bits per heavy atom. The van der Waals surface area contributed by atoms with E-state index < -0.39 is 12.1 Å².